The molecule has 6 aliphatic rings. The van der Waals surface area contributed by atoms with Gasteiger partial charge in [-0.3, -0.25) is 19.2 Å². The summed E-state index contributed by atoms with van der Waals surface area (Å²) in [6.07, 6.45) is 12.0. The number of rotatable bonds is 2. The van der Waals surface area contributed by atoms with E-state index in [0.29, 0.717) is 21.3 Å². The van der Waals surface area contributed by atoms with E-state index in [4.69, 9.17) is 9.47 Å². The normalized spacial score (nSPS) is 19.3. The van der Waals surface area contributed by atoms with Crippen molar-refractivity contribution in [1.82, 2.24) is 0 Å². The van der Waals surface area contributed by atoms with Crippen LogP contribution in [-0.2, 0) is 11.2 Å². The second-order valence-electron chi connectivity index (χ2n) is 16.0. The van der Waals surface area contributed by atoms with E-state index in [1.807, 2.05) is 12.1 Å². The van der Waals surface area contributed by atoms with Crippen LogP contribution in [0.3, 0.4) is 0 Å². The van der Waals surface area contributed by atoms with Crippen molar-refractivity contribution in [2.24, 2.45) is 0 Å². The highest BCUT2D eigenvalue weighted by Crippen LogP contribution is 2.60. The van der Waals surface area contributed by atoms with Crippen molar-refractivity contribution in [3.63, 3.8) is 0 Å². The molecule has 0 bridgehead atoms. The maximum Gasteiger partial charge on any atom is 0.197 e. The molecule has 2 aromatic heterocycles. The van der Waals surface area contributed by atoms with E-state index in [9.17, 15) is 36.7 Å². The zero-order valence-corrected chi connectivity index (χ0v) is 32.3. The lowest BCUT2D eigenvalue weighted by Crippen LogP contribution is -2.40. The number of Topliss-reactive ketones (excluding diaryl/α,β-unsaturated/α-hetero) is 4. The number of thiophene rings is 2. The van der Waals surface area contributed by atoms with Crippen LogP contribution in [0.25, 0.3) is 33.0 Å². The molecule has 4 aliphatic carbocycles. The third kappa shape index (κ3) is 5.06. The third-order valence-corrected chi connectivity index (χ3v) is 14.8. The van der Waals surface area contributed by atoms with Gasteiger partial charge >= 0.3 is 0 Å². The number of hydrogen-bond acceptors (Lipinski definition) is 8. The van der Waals surface area contributed by atoms with Gasteiger partial charge in [0.05, 0.1) is 20.9 Å². The first-order chi connectivity index (χ1) is 27.9. The Kier molecular flexibility index (Phi) is 7.70. The van der Waals surface area contributed by atoms with E-state index < -0.39 is 57.6 Å². The number of ether oxygens (including phenoxy) is 2. The van der Waals surface area contributed by atoms with Gasteiger partial charge in [-0.25, -0.2) is 17.6 Å². The monoisotopic (exact) mass is 818 g/mol. The summed E-state index contributed by atoms with van der Waals surface area (Å²) in [4.78, 5) is 56.1. The largest absolute Gasteiger partial charge is 0.481 e. The molecule has 2 aliphatic heterocycles. The zero-order valence-electron chi connectivity index (χ0n) is 30.6. The first-order valence-electron chi connectivity index (χ1n) is 19.4. The van der Waals surface area contributed by atoms with Crippen LogP contribution in [0.15, 0.2) is 59.7 Å². The Labute approximate surface area is 336 Å². The van der Waals surface area contributed by atoms with Crippen molar-refractivity contribution in [3.8, 4) is 32.4 Å². The third-order valence-electron chi connectivity index (χ3n) is 12.6. The molecular weight excluding hydrogens is 789 g/mol. The number of hydrogen-bond donors (Lipinski definition) is 0. The molecule has 0 unspecified atom stereocenters. The Morgan fingerprint density at radius 3 is 1.10 bits per heavy atom. The van der Waals surface area contributed by atoms with E-state index in [-0.39, 0.29) is 33.4 Å². The van der Waals surface area contributed by atoms with Crippen molar-refractivity contribution in [1.29, 1.82) is 0 Å². The van der Waals surface area contributed by atoms with Gasteiger partial charge < -0.3 is 9.47 Å². The fraction of sp³-hybridized carbons (Fsp3) is 0.261. The van der Waals surface area contributed by atoms with Gasteiger partial charge in [-0.15, -0.1) is 22.7 Å². The molecule has 4 heterocycles. The number of ketones is 4. The highest BCUT2D eigenvalue weighted by atomic mass is 32.1. The van der Waals surface area contributed by atoms with E-state index in [2.05, 4.69) is 12.1 Å². The van der Waals surface area contributed by atoms with Crippen molar-refractivity contribution >= 4 is 58.0 Å². The molecule has 0 N–H and O–H groups in total. The highest BCUT2D eigenvalue weighted by Gasteiger charge is 2.48. The van der Waals surface area contributed by atoms with Crippen LogP contribution in [0, 0.1) is 23.3 Å². The molecule has 0 radical (unpaired) electrons. The average molecular weight is 819 g/mol. The highest BCUT2D eigenvalue weighted by molar-refractivity contribution is 7.17. The summed E-state index contributed by atoms with van der Waals surface area (Å²) in [5.74, 6) is -6.11. The molecule has 11 rings (SSSR count). The van der Waals surface area contributed by atoms with Gasteiger partial charge in [0.2, 0.25) is 0 Å². The average Bonchev–Trinajstić information content (AvgIpc) is 3.93. The second-order valence-corrected chi connectivity index (χ2v) is 18.2. The number of carbonyl (C=O) groups is 4. The van der Waals surface area contributed by atoms with E-state index >= 15 is 0 Å². The molecule has 0 atom stereocenters. The molecule has 3 aromatic carbocycles. The fourth-order valence-electron chi connectivity index (χ4n) is 9.88. The van der Waals surface area contributed by atoms with Gasteiger partial charge in [0.25, 0.3) is 0 Å². The summed E-state index contributed by atoms with van der Waals surface area (Å²) >= 11 is 2.76. The molecule has 0 saturated heterocycles. The standard InChI is InChI=1S/C46H30F4O6S2/c47-33-17-23-24(18-34(33)48)40(52)29(39(23)51)11-21-13-37-43(57-21)27-16-32-28(15-31(27)45(55-37)7-3-1-4-8-45)44-38(56-46(32)9-5-2-6-10-46)14-22(58-44)12-30-41(53)25-19-35(49)36(50)20-26(25)42(30)54/h11-20H,1-10H2. The van der Waals surface area contributed by atoms with E-state index in [0.717, 1.165) is 120 Å². The molecule has 2 fully saturated rings. The molecule has 0 amide bonds. The van der Waals surface area contributed by atoms with Gasteiger partial charge in [0.1, 0.15) is 22.7 Å². The van der Waals surface area contributed by atoms with Crippen LogP contribution < -0.4 is 9.47 Å². The molecule has 2 spiro atoms. The first kappa shape index (κ1) is 35.7. The number of halogens is 4. The molecule has 2 saturated carbocycles. The number of carbonyl (C=O) groups excluding carboxylic acids is 4. The van der Waals surface area contributed by atoms with Gasteiger partial charge in [-0.05, 0) is 112 Å². The number of fused-ring (bicyclic) bond motifs is 10. The fourth-order valence-corrected chi connectivity index (χ4v) is 12.0. The predicted octanol–water partition coefficient (Wildman–Crippen LogP) is 11.7. The topological polar surface area (TPSA) is 86.7 Å². The Bertz CT molecular complexity index is 2550. The summed E-state index contributed by atoms with van der Waals surface area (Å²) < 4.78 is 70.3. The summed E-state index contributed by atoms with van der Waals surface area (Å²) in [5, 5.41) is 0. The van der Waals surface area contributed by atoms with Gasteiger partial charge in [0.15, 0.2) is 46.4 Å². The van der Waals surface area contributed by atoms with Crippen LogP contribution in [-0.4, -0.2) is 23.1 Å². The smallest absolute Gasteiger partial charge is 0.197 e. The van der Waals surface area contributed by atoms with Gasteiger partial charge in [-0.1, -0.05) is 12.8 Å². The molecular formula is C46H30F4O6S2. The lowest BCUT2D eigenvalue weighted by molar-refractivity contribution is 0.0205. The Hall–Kier alpha value is -5.46. The first-order valence-corrected chi connectivity index (χ1v) is 21.0. The maximum atomic E-state index is 14.1. The predicted molar refractivity (Wildman–Crippen MR) is 210 cm³/mol. The quantitative estimate of drug-likeness (QED) is 0.100. The van der Waals surface area contributed by atoms with E-state index in [1.165, 1.54) is 34.8 Å². The molecule has 58 heavy (non-hydrogen) atoms. The van der Waals surface area contributed by atoms with E-state index in [1.54, 1.807) is 0 Å². The van der Waals surface area contributed by atoms with Crippen LogP contribution in [0.4, 0.5) is 17.6 Å². The second kappa shape index (κ2) is 12.5. The minimum absolute atomic E-state index is 0.159. The number of benzene rings is 3. The summed E-state index contributed by atoms with van der Waals surface area (Å²) in [7, 11) is 0. The van der Waals surface area contributed by atoms with Crippen LogP contribution >= 0.6 is 22.7 Å². The van der Waals surface area contributed by atoms with Crippen molar-refractivity contribution in [3.05, 3.63) is 126 Å². The molecule has 6 nitrogen and oxygen atoms in total. The summed E-state index contributed by atoms with van der Waals surface area (Å²) in [6.45, 7) is 0. The van der Waals surface area contributed by atoms with Crippen LogP contribution in [0.2, 0.25) is 0 Å². The molecule has 12 heteroatoms. The SMILES string of the molecule is O=C1C(=Cc2cc3c(s2)-c2cc4c(cc2C2(CCCCC2)O3)-c2sc(C=C3C(=O)c5cc(F)c(F)cc5C3=O)cc2OC42CCCCC2)C(=O)c2cc(F)c(F)cc21. The Morgan fingerprint density at radius 2 is 0.776 bits per heavy atom. The zero-order chi connectivity index (χ0) is 39.8. The van der Waals surface area contributed by atoms with Crippen molar-refractivity contribution in [2.45, 2.75) is 75.4 Å². The number of allylic oxidation sites excluding steroid dienone is 2. The Balaban J connectivity index is 1.05. The van der Waals surface area contributed by atoms with Crippen LogP contribution in [0.5, 0.6) is 11.5 Å². The maximum absolute atomic E-state index is 14.1. The Morgan fingerprint density at radius 1 is 0.448 bits per heavy atom. The minimum Gasteiger partial charge on any atom is -0.481 e. The van der Waals surface area contributed by atoms with Crippen LogP contribution in [0.1, 0.15) is 127 Å². The van der Waals surface area contributed by atoms with Crippen molar-refractivity contribution < 1.29 is 46.2 Å². The molecule has 290 valence electrons. The lowest BCUT2D eigenvalue weighted by atomic mass is 9.71. The molecule has 5 aromatic rings. The van der Waals surface area contributed by atoms with Crippen molar-refractivity contribution in [2.75, 3.05) is 0 Å². The van der Waals surface area contributed by atoms with Gasteiger partial charge in [0, 0.05) is 54.3 Å². The summed E-state index contributed by atoms with van der Waals surface area (Å²) in [5.41, 5.74) is 1.78. The van der Waals surface area contributed by atoms with Gasteiger partial charge in [-0.2, -0.15) is 0 Å². The minimum atomic E-state index is -1.19. The summed E-state index contributed by atoms with van der Waals surface area (Å²) in [6, 6.07) is 11.2. The lowest BCUT2D eigenvalue weighted by Gasteiger charge is -2.45.